The summed E-state index contributed by atoms with van der Waals surface area (Å²) in [6, 6.07) is 9.98. The van der Waals surface area contributed by atoms with E-state index in [9.17, 15) is 5.11 Å². The number of fused-ring (bicyclic) bond motifs is 2. The van der Waals surface area contributed by atoms with Crippen LogP contribution in [0.4, 0.5) is 0 Å². The first kappa shape index (κ1) is 16.7. The van der Waals surface area contributed by atoms with Crippen LogP contribution in [0.3, 0.4) is 0 Å². The molecule has 2 aliphatic rings. The van der Waals surface area contributed by atoms with Crippen LogP contribution >= 0.6 is 0 Å². The zero-order valence-corrected chi connectivity index (χ0v) is 14.4. The van der Waals surface area contributed by atoms with Gasteiger partial charge < -0.3 is 19.9 Å². The van der Waals surface area contributed by atoms with Gasteiger partial charge in [0.25, 0.3) is 0 Å². The van der Waals surface area contributed by atoms with Gasteiger partial charge in [-0.1, -0.05) is 30.3 Å². The van der Waals surface area contributed by atoms with Crippen molar-refractivity contribution in [2.45, 2.75) is 50.3 Å². The highest BCUT2D eigenvalue weighted by atomic mass is 16.7. The van der Waals surface area contributed by atoms with Crippen molar-refractivity contribution in [2.24, 2.45) is 0 Å². The van der Waals surface area contributed by atoms with Crippen molar-refractivity contribution < 1.29 is 14.6 Å². The SMILES string of the molecule is Cc1cnn([C@H]2[C@@H]3OC[C@@H](O3)[C@@H](NCCCc3ccccc3)[C@@H]2O)c1. The fraction of sp³-hybridized carbons (Fsp3) is 0.526. The molecule has 25 heavy (non-hydrogen) atoms. The van der Waals surface area contributed by atoms with E-state index in [1.54, 1.807) is 10.9 Å². The highest BCUT2D eigenvalue weighted by Crippen LogP contribution is 2.35. The van der Waals surface area contributed by atoms with Gasteiger partial charge in [-0.15, -0.1) is 0 Å². The highest BCUT2D eigenvalue weighted by Gasteiger charge is 2.51. The standard InChI is InChI=1S/C19H25N3O3/c1-13-10-21-22(11-13)17-18(23)16(15-12-24-19(17)25-15)20-9-5-8-14-6-3-2-4-7-14/h2-4,6-7,10-11,15-20,23H,5,8-9,12H2,1H3/t15-,16-,17-,18+,19-/m1/s1. The first-order chi connectivity index (χ1) is 12.2. The minimum Gasteiger partial charge on any atom is -0.389 e. The normalized spacial score (nSPS) is 31.4. The Labute approximate surface area is 147 Å². The van der Waals surface area contributed by atoms with Crippen molar-refractivity contribution in [3.63, 3.8) is 0 Å². The van der Waals surface area contributed by atoms with Crippen LogP contribution < -0.4 is 5.32 Å². The maximum absolute atomic E-state index is 10.9. The summed E-state index contributed by atoms with van der Waals surface area (Å²) < 4.78 is 13.5. The second-order valence-electron chi connectivity index (χ2n) is 6.92. The molecule has 4 rings (SSSR count). The number of rotatable bonds is 6. The van der Waals surface area contributed by atoms with E-state index in [-0.39, 0.29) is 18.2 Å². The summed E-state index contributed by atoms with van der Waals surface area (Å²) in [7, 11) is 0. The molecule has 6 heteroatoms. The Kier molecular flexibility index (Phi) is 4.85. The lowest BCUT2D eigenvalue weighted by atomic mass is 9.96. The summed E-state index contributed by atoms with van der Waals surface area (Å²) in [5, 5.41) is 18.7. The number of nitrogens with zero attached hydrogens (tertiary/aromatic N) is 2. The molecular weight excluding hydrogens is 318 g/mol. The Morgan fingerprint density at radius 1 is 1.32 bits per heavy atom. The minimum atomic E-state index is -0.595. The lowest BCUT2D eigenvalue weighted by molar-refractivity contribution is -0.167. The molecule has 0 amide bonds. The molecule has 0 unspecified atom stereocenters. The Hall–Kier alpha value is -1.73. The maximum Gasteiger partial charge on any atom is 0.183 e. The molecule has 0 aliphatic carbocycles. The van der Waals surface area contributed by atoms with Gasteiger partial charge in [-0.2, -0.15) is 5.10 Å². The number of aromatic nitrogens is 2. The largest absolute Gasteiger partial charge is 0.389 e. The molecule has 2 aliphatic heterocycles. The van der Waals surface area contributed by atoms with E-state index in [0.29, 0.717) is 6.61 Å². The van der Waals surface area contributed by atoms with Gasteiger partial charge in [-0.05, 0) is 37.4 Å². The summed E-state index contributed by atoms with van der Waals surface area (Å²) in [6.45, 7) is 3.32. The second kappa shape index (κ2) is 7.25. The molecule has 0 radical (unpaired) electrons. The third kappa shape index (κ3) is 3.48. The summed E-state index contributed by atoms with van der Waals surface area (Å²) in [6.07, 6.45) is 4.61. The van der Waals surface area contributed by atoms with Crippen molar-refractivity contribution in [1.82, 2.24) is 15.1 Å². The van der Waals surface area contributed by atoms with Crippen LogP contribution in [0.25, 0.3) is 0 Å². The summed E-state index contributed by atoms with van der Waals surface area (Å²) >= 11 is 0. The Bertz CT molecular complexity index is 690. The molecule has 1 aromatic heterocycles. The van der Waals surface area contributed by atoms with Crippen LogP contribution in [0.5, 0.6) is 0 Å². The van der Waals surface area contributed by atoms with Gasteiger partial charge >= 0.3 is 0 Å². The van der Waals surface area contributed by atoms with Gasteiger partial charge in [0.05, 0.1) is 24.9 Å². The first-order valence-corrected chi connectivity index (χ1v) is 8.95. The van der Waals surface area contributed by atoms with Crippen molar-refractivity contribution >= 4 is 0 Å². The number of aliphatic hydroxyl groups excluding tert-OH is 1. The summed E-state index contributed by atoms with van der Waals surface area (Å²) in [4.78, 5) is 0. The molecule has 1 aromatic carbocycles. The van der Waals surface area contributed by atoms with E-state index in [1.807, 2.05) is 19.2 Å². The number of ether oxygens (including phenoxy) is 2. The summed E-state index contributed by atoms with van der Waals surface area (Å²) in [5.41, 5.74) is 2.39. The smallest absolute Gasteiger partial charge is 0.183 e. The number of benzene rings is 1. The highest BCUT2D eigenvalue weighted by molar-refractivity contribution is 5.14. The van der Waals surface area contributed by atoms with Gasteiger partial charge in [-0.25, -0.2) is 0 Å². The maximum atomic E-state index is 10.9. The molecule has 2 saturated heterocycles. The minimum absolute atomic E-state index is 0.107. The Morgan fingerprint density at radius 3 is 2.92 bits per heavy atom. The van der Waals surface area contributed by atoms with E-state index in [0.717, 1.165) is 24.9 Å². The van der Waals surface area contributed by atoms with Crippen molar-refractivity contribution in [3.8, 4) is 0 Å². The van der Waals surface area contributed by atoms with Crippen LogP contribution in [0, 0.1) is 6.92 Å². The summed E-state index contributed by atoms with van der Waals surface area (Å²) in [5.74, 6) is 0. The first-order valence-electron chi connectivity index (χ1n) is 8.95. The van der Waals surface area contributed by atoms with Crippen molar-refractivity contribution in [1.29, 1.82) is 0 Å². The van der Waals surface area contributed by atoms with Crippen LogP contribution in [0.2, 0.25) is 0 Å². The van der Waals surface area contributed by atoms with Gasteiger partial charge in [0, 0.05) is 6.20 Å². The number of nitrogens with one attached hydrogen (secondary N) is 1. The zero-order valence-electron chi connectivity index (χ0n) is 14.4. The van der Waals surface area contributed by atoms with Crippen LogP contribution in [0.15, 0.2) is 42.7 Å². The second-order valence-corrected chi connectivity index (χ2v) is 6.92. The molecule has 5 atom stereocenters. The van der Waals surface area contributed by atoms with Gasteiger partial charge in [0.1, 0.15) is 12.1 Å². The van der Waals surface area contributed by atoms with Crippen molar-refractivity contribution in [3.05, 3.63) is 53.9 Å². The quantitative estimate of drug-likeness (QED) is 0.777. The lowest BCUT2D eigenvalue weighted by Crippen LogP contribution is -2.57. The Balaban J connectivity index is 1.37. The number of aryl methyl sites for hydroxylation is 2. The molecule has 2 bridgehead atoms. The topological polar surface area (TPSA) is 68.5 Å². The van der Waals surface area contributed by atoms with Crippen molar-refractivity contribution in [2.75, 3.05) is 13.2 Å². The fourth-order valence-electron chi connectivity index (χ4n) is 3.74. The van der Waals surface area contributed by atoms with Crippen LogP contribution in [-0.2, 0) is 15.9 Å². The molecule has 2 fully saturated rings. The zero-order chi connectivity index (χ0) is 17.2. The molecule has 3 heterocycles. The van der Waals surface area contributed by atoms with Crippen LogP contribution in [0.1, 0.15) is 23.6 Å². The van der Waals surface area contributed by atoms with E-state index in [2.05, 4.69) is 34.7 Å². The number of aliphatic hydroxyl groups is 1. The lowest BCUT2D eigenvalue weighted by Gasteiger charge is -2.38. The molecular formula is C19H25N3O3. The molecule has 2 N–H and O–H groups in total. The average molecular weight is 343 g/mol. The van der Waals surface area contributed by atoms with Gasteiger partial charge in [0.2, 0.25) is 0 Å². The van der Waals surface area contributed by atoms with E-state index < -0.39 is 12.4 Å². The third-order valence-corrected chi connectivity index (χ3v) is 5.03. The predicted molar refractivity (Wildman–Crippen MR) is 93.2 cm³/mol. The number of hydrogen-bond donors (Lipinski definition) is 2. The van der Waals surface area contributed by atoms with Crippen LogP contribution in [-0.4, -0.2) is 52.6 Å². The van der Waals surface area contributed by atoms with Gasteiger partial charge in [0.15, 0.2) is 6.29 Å². The van der Waals surface area contributed by atoms with E-state index >= 15 is 0 Å². The average Bonchev–Trinajstić information content (AvgIpc) is 3.23. The molecule has 0 spiro atoms. The van der Waals surface area contributed by atoms with E-state index in [4.69, 9.17) is 9.47 Å². The fourth-order valence-corrected chi connectivity index (χ4v) is 3.74. The molecule has 134 valence electrons. The molecule has 0 saturated carbocycles. The molecule has 2 aromatic rings. The van der Waals surface area contributed by atoms with E-state index in [1.165, 1.54) is 5.56 Å². The Morgan fingerprint density at radius 2 is 2.16 bits per heavy atom. The molecule has 6 nitrogen and oxygen atoms in total. The third-order valence-electron chi connectivity index (χ3n) is 5.03. The predicted octanol–water partition coefficient (Wildman–Crippen LogP) is 1.44. The number of hydrogen-bond acceptors (Lipinski definition) is 5. The van der Waals surface area contributed by atoms with Gasteiger partial charge in [-0.3, -0.25) is 4.68 Å². The monoisotopic (exact) mass is 343 g/mol.